The van der Waals surface area contributed by atoms with Gasteiger partial charge in [0.05, 0.1) is 19.3 Å². The van der Waals surface area contributed by atoms with Crippen LogP contribution in [0.2, 0.25) is 0 Å². The van der Waals surface area contributed by atoms with Crippen molar-refractivity contribution in [3.05, 3.63) is 54.1 Å². The van der Waals surface area contributed by atoms with Crippen molar-refractivity contribution in [2.75, 3.05) is 51.4 Å². The number of carbonyl (C=O) groups is 2. The summed E-state index contributed by atoms with van der Waals surface area (Å²) in [5.74, 6) is 0.804. The van der Waals surface area contributed by atoms with E-state index in [1.165, 1.54) is 0 Å². The van der Waals surface area contributed by atoms with Gasteiger partial charge in [0.15, 0.2) is 18.1 Å². The first kappa shape index (κ1) is 20.5. The van der Waals surface area contributed by atoms with Gasteiger partial charge >= 0.3 is 5.97 Å². The minimum atomic E-state index is -0.315. The molecule has 1 heterocycles. The smallest absolute Gasteiger partial charge is 0.338 e. The monoisotopic (exact) mass is 398 g/mol. The van der Waals surface area contributed by atoms with E-state index in [1.807, 2.05) is 24.3 Å². The maximum absolute atomic E-state index is 12.5. The third kappa shape index (κ3) is 5.19. The lowest BCUT2D eigenvalue weighted by Gasteiger charge is -2.36. The fourth-order valence-electron chi connectivity index (χ4n) is 3.21. The second-order valence-corrected chi connectivity index (χ2v) is 6.57. The van der Waals surface area contributed by atoms with Gasteiger partial charge in [-0.1, -0.05) is 12.1 Å². The van der Waals surface area contributed by atoms with Gasteiger partial charge in [-0.25, -0.2) is 4.79 Å². The van der Waals surface area contributed by atoms with Crippen molar-refractivity contribution in [1.29, 1.82) is 0 Å². The maximum atomic E-state index is 12.5. The number of amides is 1. The van der Waals surface area contributed by atoms with Crippen LogP contribution < -0.4 is 14.4 Å². The van der Waals surface area contributed by atoms with E-state index >= 15 is 0 Å². The van der Waals surface area contributed by atoms with Crippen molar-refractivity contribution in [1.82, 2.24) is 4.90 Å². The lowest BCUT2D eigenvalue weighted by Crippen LogP contribution is -2.50. The Hall–Kier alpha value is -3.22. The highest BCUT2D eigenvalue weighted by atomic mass is 16.5. The summed E-state index contributed by atoms with van der Waals surface area (Å²) in [6.07, 6.45) is 0. The molecule has 1 aliphatic heterocycles. The molecule has 1 fully saturated rings. The highest BCUT2D eigenvalue weighted by Crippen LogP contribution is 2.25. The highest BCUT2D eigenvalue weighted by molar-refractivity contribution is 5.89. The first-order valence-corrected chi connectivity index (χ1v) is 9.68. The molecule has 2 aromatic carbocycles. The van der Waals surface area contributed by atoms with Crippen LogP contribution in [0.4, 0.5) is 5.69 Å². The number of para-hydroxylation sites is 2. The molecule has 2 aromatic rings. The summed E-state index contributed by atoms with van der Waals surface area (Å²) in [6, 6.07) is 14.6. The summed E-state index contributed by atoms with van der Waals surface area (Å²) >= 11 is 0. The Morgan fingerprint density at radius 1 is 0.931 bits per heavy atom. The van der Waals surface area contributed by atoms with E-state index in [4.69, 9.17) is 14.2 Å². The number of methoxy groups -OCH3 is 1. The van der Waals surface area contributed by atoms with E-state index in [1.54, 1.807) is 43.2 Å². The van der Waals surface area contributed by atoms with E-state index < -0.39 is 0 Å². The zero-order valence-electron chi connectivity index (χ0n) is 16.8. The first-order valence-electron chi connectivity index (χ1n) is 9.68. The normalized spacial score (nSPS) is 13.7. The Labute approximate surface area is 170 Å². The molecule has 0 saturated carbocycles. The zero-order valence-corrected chi connectivity index (χ0v) is 16.8. The van der Waals surface area contributed by atoms with E-state index in [0.717, 1.165) is 18.8 Å². The topological polar surface area (TPSA) is 68.3 Å². The second kappa shape index (κ2) is 9.82. The molecule has 3 rings (SSSR count). The predicted octanol–water partition coefficient (Wildman–Crippen LogP) is 2.60. The molecule has 0 spiro atoms. The number of nitrogens with zero attached hydrogens (tertiary/aromatic N) is 2. The molecule has 1 aliphatic rings. The van der Waals surface area contributed by atoms with Crippen LogP contribution in [0.3, 0.4) is 0 Å². The summed E-state index contributed by atoms with van der Waals surface area (Å²) < 4.78 is 15.9. The number of esters is 1. The largest absolute Gasteiger partial charge is 0.493 e. The number of rotatable bonds is 7. The van der Waals surface area contributed by atoms with Gasteiger partial charge < -0.3 is 24.0 Å². The number of carbonyl (C=O) groups excluding carboxylic acids is 2. The number of hydrogen-bond donors (Lipinski definition) is 0. The Morgan fingerprint density at radius 3 is 2.21 bits per heavy atom. The van der Waals surface area contributed by atoms with Gasteiger partial charge in [0, 0.05) is 31.9 Å². The molecule has 154 valence electrons. The van der Waals surface area contributed by atoms with Gasteiger partial charge in [0.1, 0.15) is 0 Å². The molecule has 0 aromatic heterocycles. The quantitative estimate of drug-likeness (QED) is 0.668. The Kier molecular flexibility index (Phi) is 6.94. The molecule has 0 N–H and O–H groups in total. The third-order valence-corrected chi connectivity index (χ3v) is 4.80. The van der Waals surface area contributed by atoms with Gasteiger partial charge in [-0.05, 0) is 43.3 Å². The van der Waals surface area contributed by atoms with Gasteiger partial charge in [0.25, 0.3) is 5.91 Å². The predicted molar refractivity (Wildman–Crippen MR) is 110 cm³/mol. The van der Waals surface area contributed by atoms with Crippen molar-refractivity contribution in [3.8, 4) is 11.5 Å². The fourth-order valence-corrected chi connectivity index (χ4v) is 3.21. The van der Waals surface area contributed by atoms with Crippen molar-refractivity contribution in [2.45, 2.75) is 6.92 Å². The molecule has 0 unspecified atom stereocenters. The molecule has 0 atom stereocenters. The average Bonchev–Trinajstić information content (AvgIpc) is 2.78. The zero-order chi connectivity index (χ0) is 20.6. The number of piperazine rings is 1. The van der Waals surface area contributed by atoms with Crippen LogP contribution in [0.5, 0.6) is 11.5 Å². The summed E-state index contributed by atoms with van der Waals surface area (Å²) in [4.78, 5) is 28.2. The summed E-state index contributed by atoms with van der Waals surface area (Å²) in [7, 11) is 1.57. The van der Waals surface area contributed by atoms with Crippen LogP contribution in [0.1, 0.15) is 17.3 Å². The van der Waals surface area contributed by atoms with Crippen molar-refractivity contribution in [2.24, 2.45) is 0 Å². The molecule has 1 saturated heterocycles. The van der Waals surface area contributed by atoms with E-state index in [2.05, 4.69) is 4.90 Å². The maximum Gasteiger partial charge on any atom is 0.338 e. The van der Waals surface area contributed by atoms with Crippen molar-refractivity contribution < 1.29 is 23.8 Å². The lowest BCUT2D eigenvalue weighted by atomic mass is 10.2. The highest BCUT2D eigenvalue weighted by Gasteiger charge is 2.22. The summed E-state index contributed by atoms with van der Waals surface area (Å²) in [5.41, 5.74) is 1.56. The summed E-state index contributed by atoms with van der Waals surface area (Å²) in [5, 5.41) is 0. The third-order valence-electron chi connectivity index (χ3n) is 4.80. The van der Waals surface area contributed by atoms with Gasteiger partial charge in [0.2, 0.25) is 0 Å². The van der Waals surface area contributed by atoms with Crippen molar-refractivity contribution >= 4 is 17.6 Å². The van der Waals surface area contributed by atoms with Crippen LogP contribution in [-0.4, -0.2) is 63.3 Å². The number of ether oxygens (including phenoxy) is 3. The van der Waals surface area contributed by atoms with Crippen LogP contribution in [0, 0.1) is 0 Å². The van der Waals surface area contributed by atoms with E-state index in [9.17, 15) is 9.59 Å². The standard InChI is InChI=1S/C22H26N2O5/c1-3-28-22(26)17-8-10-18(11-9-17)23-12-14-24(15-13-23)21(25)16-29-20-7-5-4-6-19(20)27-2/h4-11H,3,12-16H2,1-2H3. The Balaban J connectivity index is 1.49. The molecule has 0 aliphatic carbocycles. The van der Waals surface area contributed by atoms with Gasteiger partial charge in [-0.2, -0.15) is 0 Å². The van der Waals surface area contributed by atoms with E-state index in [0.29, 0.717) is 36.8 Å². The molecule has 0 radical (unpaired) electrons. The fraction of sp³-hybridized carbons (Fsp3) is 0.364. The lowest BCUT2D eigenvalue weighted by molar-refractivity contribution is -0.133. The van der Waals surface area contributed by atoms with Gasteiger partial charge in [-0.3, -0.25) is 4.79 Å². The molecule has 29 heavy (non-hydrogen) atoms. The second-order valence-electron chi connectivity index (χ2n) is 6.57. The Bertz CT molecular complexity index is 829. The van der Waals surface area contributed by atoms with Gasteiger partial charge in [-0.15, -0.1) is 0 Å². The molecule has 7 heteroatoms. The average molecular weight is 398 g/mol. The van der Waals surface area contributed by atoms with Crippen molar-refractivity contribution in [3.63, 3.8) is 0 Å². The molecule has 0 bridgehead atoms. The SMILES string of the molecule is CCOC(=O)c1ccc(N2CCN(C(=O)COc3ccccc3OC)CC2)cc1. The molecular formula is C22H26N2O5. The number of anilines is 1. The van der Waals surface area contributed by atoms with Crippen LogP contribution in [-0.2, 0) is 9.53 Å². The Morgan fingerprint density at radius 2 is 1.59 bits per heavy atom. The van der Waals surface area contributed by atoms with E-state index in [-0.39, 0.29) is 18.5 Å². The summed E-state index contributed by atoms with van der Waals surface area (Å²) in [6.45, 7) is 4.81. The minimum Gasteiger partial charge on any atom is -0.493 e. The number of benzene rings is 2. The molecular weight excluding hydrogens is 372 g/mol. The molecule has 1 amide bonds. The molecule has 7 nitrogen and oxygen atoms in total. The first-order chi connectivity index (χ1) is 14.1. The minimum absolute atomic E-state index is 0.0192. The number of hydrogen-bond acceptors (Lipinski definition) is 6. The van der Waals surface area contributed by atoms with Crippen LogP contribution >= 0.6 is 0 Å². The van der Waals surface area contributed by atoms with Crippen LogP contribution in [0.25, 0.3) is 0 Å². The van der Waals surface area contributed by atoms with Crippen LogP contribution in [0.15, 0.2) is 48.5 Å².